The van der Waals surface area contributed by atoms with E-state index in [4.69, 9.17) is 5.73 Å². The van der Waals surface area contributed by atoms with Crippen LogP contribution in [0.15, 0.2) is 0 Å². The molecule has 0 fully saturated rings. The zero-order chi connectivity index (χ0) is 11.2. The van der Waals surface area contributed by atoms with Crippen LogP contribution in [0.3, 0.4) is 0 Å². The highest BCUT2D eigenvalue weighted by atomic mass is 32.2. The van der Waals surface area contributed by atoms with Crippen LogP contribution in [0.4, 0.5) is 0 Å². The number of hydrogen-bond donors (Lipinski definition) is 1. The summed E-state index contributed by atoms with van der Waals surface area (Å²) in [5.74, 6) is 0.458. The molecule has 0 spiro atoms. The van der Waals surface area contributed by atoms with E-state index in [0.717, 1.165) is 0 Å². The lowest BCUT2D eigenvalue weighted by molar-refractivity contribution is 0.371. The number of rotatable bonds is 7. The van der Waals surface area contributed by atoms with Crippen LogP contribution in [-0.4, -0.2) is 38.1 Å². The molecule has 0 aromatic rings. The largest absolute Gasteiger partial charge is 0.330 e. The third kappa shape index (κ3) is 4.39. The fourth-order valence-corrected chi connectivity index (χ4v) is 2.90. The maximum Gasteiger partial charge on any atom is 0.214 e. The molecule has 5 heteroatoms. The first kappa shape index (κ1) is 13.9. The van der Waals surface area contributed by atoms with Gasteiger partial charge in [-0.05, 0) is 18.9 Å². The average molecular weight is 222 g/mol. The van der Waals surface area contributed by atoms with Gasteiger partial charge in [0.2, 0.25) is 10.0 Å². The molecule has 0 aliphatic carbocycles. The Kier molecular flexibility index (Phi) is 6.31. The Morgan fingerprint density at radius 3 is 2.29 bits per heavy atom. The van der Waals surface area contributed by atoms with Crippen molar-refractivity contribution in [2.24, 2.45) is 11.7 Å². The van der Waals surface area contributed by atoms with E-state index in [1.54, 1.807) is 0 Å². The second-order valence-electron chi connectivity index (χ2n) is 3.61. The summed E-state index contributed by atoms with van der Waals surface area (Å²) in [7, 11) is -3.05. The van der Waals surface area contributed by atoms with Crippen molar-refractivity contribution in [3.05, 3.63) is 0 Å². The summed E-state index contributed by atoms with van der Waals surface area (Å²) < 4.78 is 24.9. The first-order valence-electron chi connectivity index (χ1n) is 5.15. The van der Waals surface area contributed by atoms with Gasteiger partial charge in [-0.3, -0.25) is 0 Å². The van der Waals surface area contributed by atoms with Gasteiger partial charge in [0.15, 0.2) is 0 Å². The van der Waals surface area contributed by atoms with Crippen LogP contribution in [0.5, 0.6) is 0 Å². The zero-order valence-electron chi connectivity index (χ0n) is 9.36. The normalized spacial score (nSPS) is 14.6. The highest BCUT2D eigenvalue weighted by molar-refractivity contribution is 7.89. The molecular weight excluding hydrogens is 200 g/mol. The minimum atomic E-state index is -3.05. The number of sulfonamides is 1. The summed E-state index contributed by atoms with van der Waals surface area (Å²) in [6.07, 6.45) is 0.663. The Morgan fingerprint density at radius 2 is 1.93 bits per heavy atom. The molecule has 0 aromatic carbocycles. The monoisotopic (exact) mass is 222 g/mol. The second kappa shape index (κ2) is 6.37. The zero-order valence-corrected chi connectivity index (χ0v) is 10.2. The quantitative estimate of drug-likeness (QED) is 0.687. The van der Waals surface area contributed by atoms with E-state index in [1.807, 2.05) is 20.8 Å². The molecule has 14 heavy (non-hydrogen) atoms. The molecule has 0 aliphatic rings. The van der Waals surface area contributed by atoms with Gasteiger partial charge < -0.3 is 5.73 Å². The molecular formula is C9H22N2O2S. The summed E-state index contributed by atoms with van der Waals surface area (Å²) in [6, 6.07) is 0. The Labute approximate surface area is 87.5 Å². The Bertz CT molecular complexity index is 239. The van der Waals surface area contributed by atoms with Gasteiger partial charge in [0.25, 0.3) is 0 Å². The third-order valence-corrected chi connectivity index (χ3v) is 4.24. The average Bonchev–Trinajstić information content (AvgIpc) is 2.13. The maximum atomic E-state index is 11.7. The molecule has 0 saturated carbocycles. The van der Waals surface area contributed by atoms with Crippen LogP contribution in [0, 0.1) is 5.92 Å². The van der Waals surface area contributed by atoms with Crippen LogP contribution >= 0.6 is 0 Å². The summed E-state index contributed by atoms with van der Waals surface area (Å²) in [4.78, 5) is 0. The van der Waals surface area contributed by atoms with Crippen molar-refractivity contribution in [1.29, 1.82) is 0 Å². The summed E-state index contributed by atoms with van der Waals surface area (Å²) in [5, 5.41) is 0. The minimum Gasteiger partial charge on any atom is -0.330 e. The Morgan fingerprint density at radius 1 is 1.36 bits per heavy atom. The molecule has 0 rings (SSSR count). The van der Waals surface area contributed by atoms with E-state index in [9.17, 15) is 8.42 Å². The predicted octanol–water partition coefficient (Wildman–Crippen LogP) is 0.643. The van der Waals surface area contributed by atoms with Crippen LogP contribution < -0.4 is 5.73 Å². The van der Waals surface area contributed by atoms with E-state index < -0.39 is 10.0 Å². The van der Waals surface area contributed by atoms with Crippen LogP contribution in [0.2, 0.25) is 0 Å². The van der Waals surface area contributed by atoms with Gasteiger partial charge in [0, 0.05) is 13.1 Å². The summed E-state index contributed by atoms with van der Waals surface area (Å²) in [6.45, 7) is 7.29. The van der Waals surface area contributed by atoms with Gasteiger partial charge in [0.05, 0.1) is 5.75 Å². The first-order valence-corrected chi connectivity index (χ1v) is 6.76. The summed E-state index contributed by atoms with van der Waals surface area (Å²) in [5.41, 5.74) is 5.47. The van der Waals surface area contributed by atoms with Gasteiger partial charge in [0.1, 0.15) is 0 Å². The van der Waals surface area contributed by atoms with Crippen molar-refractivity contribution in [3.8, 4) is 0 Å². The molecule has 0 bridgehead atoms. The molecule has 1 atom stereocenters. The predicted molar refractivity (Wildman–Crippen MR) is 59.5 cm³/mol. The third-order valence-electron chi connectivity index (χ3n) is 2.13. The van der Waals surface area contributed by atoms with Gasteiger partial charge in [-0.1, -0.05) is 20.8 Å². The molecule has 2 N–H and O–H groups in total. The van der Waals surface area contributed by atoms with Gasteiger partial charge in [-0.25, -0.2) is 12.7 Å². The van der Waals surface area contributed by atoms with E-state index in [0.29, 0.717) is 26.1 Å². The molecule has 0 heterocycles. The Balaban J connectivity index is 4.40. The number of hydrogen-bond acceptors (Lipinski definition) is 3. The maximum absolute atomic E-state index is 11.7. The highest BCUT2D eigenvalue weighted by Gasteiger charge is 2.20. The fourth-order valence-electron chi connectivity index (χ4n) is 1.25. The lowest BCUT2D eigenvalue weighted by Crippen LogP contribution is -2.37. The molecule has 0 amide bonds. The van der Waals surface area contributed by atoms with E-state index in [2.05, 4.69) is 0 Å². The van der Waals surface area contributed by atoms with Crippen LogP contribution in [0.1, 0.15) is 27.2 Å². The van der Waals surface area contributed by atoms with Crippen molar-refractivity contribution in [2.75, 3.05) is 25.4 Å². The van der Waals surface area contributed by atoms with Crippen LogP contribution in [-0.2, 0) is 10.0 Å². The van der Waals surface area contributed by atoms with Crippen molar-refractivity contribution in [1.82, 2.24) is 4.31 Å². The van der Waals surface area contributed by atoms with Gasteiger partial charge >= 0.3 is 0 Å². The molecule has 0 saturated heterocycles. The lowest BCUT2D eigenvalue weighted by atomic mass is 10.2. The topological polar surface area (TPSA) is 63.4 Å². The molecule has 0 aliphatic heterocycles. The SMILES string of the molecule is CCCS(=O)(=O)N(CC)CC(C)CN. The standard InChI is InChI=1S/C9H22N2O2S/c1-4-6-14(12,13)11(5-2)8-9(3)7-10/h9H,4-8,10H2,1-3H3. The Hall–Kier alpha value is -0.130. The molecule has 0 aromatic heterocycles. The minimum absolute atomic E-state index is 0.224. The molecule has 0 radical (unpaired) electrons. The van der Waals surface area contributed by atoms with Crippen LogP contribution in [0.25, 0.3) is 0 Å². The molecule has 86 valence electrons. The molecule has 4 nitrogen and oxygen atoms in total. The highest BCUT2D eigenvalue weighted by Crippen LogP contribution is 2.06. The van der Waals surface area contributed by atoms with E-state index in [-0.39, 0.29) is 11.7 Å². The second-order valence-corrected chi connectivity index (χ2v) is 5.70. The number of nitrogens with two attached hydrogens (primary N) is 1. The van der Waals surface area contributed by atoms with Crippen molar-refractivity contribution < 1.29 is 8.42 Å². The lowest BCUT2D eigenvalue weighted by Gasteiger charge is -2.22. The van der Waals surface area contributed by atoms with Gasteiger partial charge in [-0.2, -0.15) is 0 Å². The van der Waals surface area contributed by atoms with E-state index in [1.165, 1.54) is 4.31 Å². The molecule has 1 unspecified atom stereocenters. The van der Waals surface area contributed by atoms with Crippen molar-refractivity contribution >= 4 is 10.0 Å². The summed E-state index contributed by atoms with van der Waals surface area (Å²) >= 11 is 0. The van der Waals surface area contributed by atoms with Gasteiger partial charge in [-0.15, -0.1) is 0 Å². The van der Waals surface area contributed by atoms with E-state index >= 15 is 0 Å². The smallest absolute Gasteiger partial charge is 0.214 e. The fraction of sp³-hybridized carbons (Fsp3) is 1.00. The van der Waals surface area contributed by atoms with Crippen molar-refractivity contribution in [2.45, 2.75) is 27.2 Å². The number of nitrogens with zero attached hydrogens (tertiary/aromatic N) is 1. The van der Waals surface area contributed by atoms with Crippen molar-refractivity contribution in [3.63, 3.8) is 0 Å². The first-order chi connectivity index (χ1) is 6.47.